The highest BCUT2D eigenvalue weighted by Crippen LogP contribution is 2.33. The second-order valence-electron chi connectivity index (χ2n) is 6.69. The van der Waals surface area contributed by atoms with E-state index in [0.29, 0.717) is 41.9 Å². The number of hydrogen-bond donors (Lipinski definition) is 2. The van der Waals surface area contributed by atoms with E-state index in [0.717, 1.165) is 11.1 Å². The third-order valence-electron chi connectivity index (χ3n) is 4.54. The Balaban J connectivity index is 2.01. The van der Waals surface area contributed by atoms with E-state index in [1.807, 2.05) is 36.4 Å². The highest BCUT2D eigenvalue weighted by molar-refractivity contribution is 5.93. The van der Waals surface area contributed by atoms with Crippen LogP contribution in [-0.2, 0) is 13.1 Å². The monoisotopic (exact) mass is 414 g/mol. The number of carbonyl (C=O) groups is 1. The van der Waals surface area contributed by atoms with Crippen LogP contribution in [0.15, 0.2) is 41.4 Å². The molecule has 162 valence electrons. The summed E-state index contributed by atoms with van der Waals surface area (Å²) in [6.45, 7) is 1.01. The molecule has 0 aliphatic carbocycles. The lowest BCUT2D eigenvalue weighted by Crippen LogP contribution is -2.36. The van der Waals surface area contributed by atoms with Crippen molar-refractivity contribution in [1.29, 1.82) is 0 Å². The lowest BCUT2D eigenvalue weighted by atomic mass is 10.1. The Morgan fingerprint density at radius 3 is 1.97 bits per heavy atom. The van der Waals surface area contributed by atoms with Crippen LogP contribution in [0.3, 0.4) is 0 Å². The van der Waals surface area contributed by atoms with Gasteiger partial charge in [0.05, 0.1) is 33.4 Å². The topological polar surface area (TPSA) is 84.4 Å². The molecule has 0 spiro atoms. The van der Waals surface area contributed by atoms with Crippen LogP contribution in [0, 0.1) is 0 Å². The summed E-state index contributed by atoms with van der Waals surface area (Å²) in [6.07, 6.45) is 0. The van der Waals surface area contributed by atoms with Gasteiger partial charge in [0.15, 0.2) is 5.96 Å². The van der Waals surface area contributed by atoms with Gasteiger partial charge in [-0.15, -0.1) is 0 Å². The summed E-state index contributed by atoms with van der Waals surface area (Å²) in [5.41, 5.74) is 2.55. The van der Waals surface area contributed by atoms with E-state index in [1.54, 1.807) is 47.4 Å². The van der Waals surface area contributed by atoms with Gasteiger partial charge in [-0.25, -0.2) is 0 Å². The van der Waals surface area contributed by atoms with Crippen molar-refractivity contribution in [3.8, 4) is 17.2 Å². The number of nitrogens with one attached hydrogen (secondary N) is 2. The Bertz CT molecular complexity index is 854. The zero-order valence-electron chi connectivity index (χ0n) is 18.4. The molecule has 2 rings (SSSR count). The van der Waals surface area contributed by atoms with Gasteiger partial charge < -0.3 is 29.7 Å². The number of ether oxygens (including phenoxy) is 3. The van der Waals surface area contributed by atoms with Crippen molar-refractivity contribution >= 4 is 11.9 Å². The molecule has 0 radical (unpaired) electrons. The number of rotatable bonds is 8. The lowest BCUT2D eigenvalue weighted by molar-refractivity contribution is 0.0827. The van der Waals surface area contributed by atoms with Crippen molar-refractivity contribution < 1.29 is 19.0 Å². The molecule has 0 heterocycles. The third-order valence-corrected chi connectivity index (χ3v) is 4.54. The standard InChI is InChI=1S/C22H30N4O4/c1-23-22(24-13-15-7-9-16(10-8-15)21(27)26(2)3)25-14-18-19(29-5)11-17(28-4)12-20(18)30-6/h7-12H,13-14H2,1-6H3,(H2,23,24,25). The van der Waals surface area contributed by atoms with E-state index in [-0.39, 0.29) is 5.91 Å². The number of amides is 1. The Morgan fingerprint density at radius 1 is 0.933 bits per heavy atom. The molecule has 0 bridgehead atoms. The summed E-state index contributed by atoms with van der Waals surface area (Å²) in [5.74, 6) is 2.59. The Morgan fingerprint density at radius 2 is 1.50 bits per heavy atom. The SMILES string of the molecule is CN=C(NCc1ccc(C(=O)N(C)C)cc1)NCc1c(OC)cc(OC)cc1OC. The van der Waals surface area contributed by atoms with Gasteiger partial charge in [-0.2, -0.15) is 0 Å². The summed E-state index contributed by atoms with van der Waals surface area (Å²) < 4.78 is 16.2. The van der Waals surface area contributed by atoms with Crippen LogP contribution in [0.2, 0.25) is 0 Å². The van der Waals surface area contributed by atoms with Crippen LogP contribution in [0.1, 0.15) is 21.5 Å². The second kappa shape index (κ2) is 10.9. The van der Waals surface area contributed by atoms with Crippen molar-refractivity contribution in [2.45, 2.75) is 13.1 Å². The van der Waals surface area contributed by atoms with Crippen molar-refractivity contribution in [3.63, 3.8) is 0 Å². The lowest BCUT2D eigenvalue weighted by Gasteiger charge is -2.17. The zero-order chi connectivity index (χ0) is 22.1. The van der Waals surface area contributed by atoms with E-state index in [1.165, 1.54) is 0 Å². The maximum Gasteiger partial charge on any atom is 0.253 e. The molecule has 0 aliphatic rings. The molecule has 0 unspecified atom stereocenters. The molecule has 0 saturated heterocycles. The van der Waals surface area contributed by atoms with Gasteiger partial charge in [-0.3, -0.25) is 9.79 Å². The fraction of sp³-hybridized carbons (Fsp3) is 0.364. The maximum absolute atomic E-state index is 12.0. The number of nitrogens with zero attached hydrogens (tertiary/aromatic N) is 2. The largest absolute Gasteiger partial charge is 0.496 e. The van der Waals surface area contributed by atoms with Crippen molar-refractivity contribution in [1.82, 2.24) is 15.5 Å². The van der Waals surface area contributed by atoms with Gasteiger partial charge >= 0.3 is 0 Å². The highest BCUT2D eigenvalue weighted by Gasteiger charge is 2.14. The summed E-state index contributed by atoms with van der Waals surface area (Å²) in [5, 5.41) is 6.53. The number of benzene rings is 2. The van der Waals surface area contributed by atoms with E-state index in [9.17, 15) is 4.79 Å². The Hall–Kier alpha value is -3.42. The summed E-state index contributed by atoms with van der Waals surface area (Å²) in [6, 6.07) is 11.1. The summed E-state index contributed by atoms with van der Waals surface area (Å²) in [4.78, 5) is 17.8. The number of carbonyl (C=O) groups excluding carboxylic acids is 1. The molecule has 8 nitrogen and oxygen atoms in total. The van der Waals surface area contributed by atoms with Crippen LogP contribution >= 0.6 is 0 Å². The molecule has 2 N–H and O–H groups in total. The maximum atomic E-state index is 12.0. The number of hydrogen-bond acceptors (Lipinski definition) is 5. The predicted molar refractivity (Wildman–Crippen MR) is 118 cm³/mol. The van der Waals surface area contributed by atoms with E-state index in [4.69, 9.17) is 14.2 Å². The first-order chi connectivity index (χ1) is 14.4. The normalized spacial score (nSPS) is 10.9. The average Bonchev–Trinajstić information content (AvgIpc) is 2.78. The van der Waals surface area contributed by atoms with Gasteiger partial charge in [-0.05, 0) is 17.7 Å². The summed E-state index contributed by atoms with van der Waals surface area (Å²) in [7, 11) is 9.99. The van der Waals surface area contributed by atoms with E-state index in [2.05, 4.69) is 15.6 Å². The van der Waals surface area contributed by atoms with Crippen LogP contribution in [-0.4, -0.2) is 59.2 Å². The predicted octanol–water partition coefficient (Wildman–Crippen LogP) is 2.28. The molecular formula is C22H30N4O4. The molecule has 30 heavy (non-hydrogen) atoms. The minimum Gasteiger partial charge on any atom is -0.496 e. The Kier molecular flexibility index (Phi) is 8.34. The van der Waals surface area contributed by atoms with Crippen LogP contribution in [0.25, 0.3) is 0 Å². The highest BCUT2D eigenvalue weighted by atomic mass is 16.5. The smallest absolute Gasteiger partial charge is 0.253 e. The Labute approximate surface area is 177 Å². The van der Waals surface area contributed by atoms with Gasteiger partial charge in [0.2, 0.25) is 0 Å². The first kappa shape index (κ1) is 22.9. The van der Waals surface area contributed by atoms with Crippen LogP contribution < -0.4 is 24.8 Å². The van der Waals surface area contributed by atoms with Gasteiger partial charge in [0.1, 0.15) is 17.2 Å². The molecule has 0 saturated carbocycles. The molecule has 1 amide bonds. The summed E-state index contributed by atoms with van der Waals surface area (Å²) >= 11 is 0. The first-order valence-electron chi connectivity index (χ1n) is 9.47. The first-order valence-corrected chi connectivity index (χ1v) is 9.47. The molecule has 0 atom stereocenters. The second-order valence-corrected chi connectivity index (χ2v) is 6.69. The third kappa shape index (κ3) is 5.79. The molecule has 2 aromatic rings. The van der Waals surface area contributed by atoms with E-state index < -0.39 is 0 Å². The molecule has 0 fully saturated rings. The molecule has 0 aliphatic heterocycles. The van der Waals surface area contributed by atoms with Crippen molar-refractivity contribution in [3.05, 3.63) is 53.1 Å². The molecule has 2 aromatic carbocycles. The van der Waals surface area contributed by atoms with Crippen molar-refractivity contribution in [2.24, 2.45) is 4.99 Å². The zero-order valence-corrected chi connectivity index (χ0v) is 18.4. The number of aliphatic imine (C=N–C) groups is 1. The fourth-order valence-corrected chi connectivity index (χ4v) is 2.85. The molecule has 8 heteroatoms. The van der Waals surface area contributed by atoms with Gasteiger partial charge in [0.25, 0.3) is 5.91 Å². The van der Waals surface area contributed by atoms with Crippen LogP contribution in [0.5, 0.6) is 17.2 Å². The minimum absolute atomic E-state index is 0.0191. The number of guanidine groups is 1. The average molecular weight is 415 g/mol. The van der Waals surface area contributed by atoms with E-state index >= 15 is 0 Å². The van der Waals surface area contributed by atoms with Crippen molar-refractivity contribution in [2.75, 3.05) is 42.5 Å². The fourth-order valence-electron chi connectivity index (χ4n) is 2.85. The molecule has 0 aromatic heterocycles. The minimum atomic E-state index is -0.0191. The molecular weight excluding hydrogens is 384 g/mol. The number of methoxy groups -OCH3 is 3. The van der Waals surface area contributed by atoms with Crippen LogP contribution in [0.4, 0.5) is 0 Å². The van der Waals surface area contributed by atoms with Gasteiger partial charge in [-0.1, -0.05) is 12.1 Å². The quantitative estimate of drug-likeness (QED) is 0.509. The van der Waals surface area contributed by atoms with Gasteiger partial charge in [0, 0.05) is 45.4 Å².